The van der Waals surface area contributed by atoms with Gasteiger partial charge in [0.1, 0.15) is 0 Å². The van der Waals surface area contributed by atoms with Crippen molar-refractivity contribution in [3.63, 3.8) is 0 Å². The third-order valence-corrected chi connectivity index (χ3v) is 5.77. The lowest BCUT2D eigenvalue weighted by atomic mass is 10.1. The molecular weight excluding hydrogens is 296 g/mol. The van der Waals surface area contributed by atoms with Crippen LogP contribution in [-0.2, 0) is 9.59 Å². The Labute approximate surface area is 135 Å². The lowest BCUT2D eigenvalue weighted by Crippen LogP contribution is -2.37. The molecule has 2 amide bonds. The molecule has 1 aliphatic heterocycles. The minimum Gasteiger partial charge on any atom is -0.345 e. The Morgan fingerprint density at radius 1 is 1.32 bits per heavy atom. The number of amides is 2. The highest BCUT2D eigenvalue weighted by molar-refractivity contribution is 8.01. The second kappa shape index (κ2) is 6.73. The topological polar surface area (TPSA) is 49.4 Å². The molecule has 2 aliphatic rings. The summed E-state index contributed by atoms with van der Waals surface area (Å²) in [6.45, 7) is 0.828. The lowest BCUT2D eigenvalue weighted by molar-refractivity contribution is -0.131. The number of carbonyl (C=O) groups excluding carboxylic acids is 2. The first-order valence-corrected chi connectivity index (χ1v) is 8.82. The molecule has 5 heteroatoms. The monoisotopic (exact) mass is 318 g/mol. The zero-order valence-corrected chi connectivity index (χ0v) is 13.7. The summed E-state index contributed by atoms with van der Waals surface area (Å²) in [5.41, 5.74) is 0.848. The van der Waals surface area contributed by atoms with Crippen LogP contribution in [0.15, 0.2) is 29.2 Å². The van der Waals surface area contributed by atoms with Gasteiger partial charge in [-0.25, -0.2) is 0 Å². The van der Waals surface area contributed by atoms with Crippen LogP contribution in [0.1, 0.15) is 32.1 Å². The molecule has 1 aromatic rings. The third kappa shape index (κ3) is 3.46. The highest BCUT2D eigenvalue weighted by Gasteiger charge is 2.30. The van der Waals surface area contributed by atoms with Gasteiger partial charge in [0.05, 0.1) is 10.9 Å². The average Bonchev–Trinajstić information content (AvgIpc) is 3.00. The number of nitrogens with one attached hydrogen (secondary N) is 1. The van der Waals surface area contributed by atoms with Crippen molar-refractivity contribution in [2.45, 2.75) is 42.2 Å². The predicted molar refractivity (Wildman–Crippen MR) is 88.9 cm³/mol. The number of hydrogen-bond acceptors (Lipinski definition) is 3. The van der Waals surface area contributed by atoms with Crippen molar-refractivity contribution in [3.05, 3.63) is 24.3 Å². The van der Waals surface area contributed by atoms with Gasteiger partial charge < -0.3 is 10.2 Å². The Morgan fingerprint density at radius 2 is 2.05 bits per heavy atom. The molecule has 3 rings (SSSR count). The summed E-state index contributed by atoms with van der Waals surface area (Å²) in [4.78, 5) is 27.4. The summed E-state index contributed by atoms with van der Waals surface area (Å²) < 4.78 is 0. The standard InChI is InChI=1S/C17H22N2O2S/c1-19(11-12-6-2-3-7-12)16(20)10-15-17(21)18-13-8-4-5-9-14(13)22-15/h4-5,8-9,12,15H,2-3,6-7,10-11H2,1H3,(H,18,21). The van der Waals surface area contributed by atoms with Crippen LogP contribution in [0.25, 0.3) is 0 Å². The fraction of sp³-hybridized carbons (Fsp3) is 0.529. The molecule has 1 aromatic carbocycles. The van der Waals surface area contributed by atoms with Crippen molar-refractivity contribution in [2.24, 2.45) is 5.92 Å². The van der Waals surface area contributed by atoms with E-state index in [1.54, 1.807) is 0 Å². The molecule has 4 nitrogen and oxygen atoms in total. The molecule has 1 aliphatic carbocycles. The Balaban J connectivity index is 1.58. The number of nitrogens with zero attached hydrogens (tertiary/aromatic N) is 1. The number of hydrogen-bond donors (Lipinski definition) is 1. The maximum Gasteiger partial charge on any atom is 0.238 e. The van der Waals surface area contributed by atoms with Gasteiger partial charge in [0.15, 0.2) is 0 Å². The van der Waals surface area contributed by atoms with E-state index in [1.807, 2.05) is 36.2 Å². The van der Waals surface area contributed by atoms with E-state index in [0.717, 1.165) is 17.1 Å². The predicted octanol–water partition coefficient (Wildman–Crippen LogP) is 3.14. The van der Waals surface area contributed by atoms with Gasteiger partial charge in [-0.05, 0) is 30.9 Å². The molecule has 1 heterocycles. The molecule has 1 unspecified atom stereocenters. The van der Waals surface area contributed by atoms with Gasteiger partial charge in [-0.15, -0.1) is 11.8 Å². The van der Waals surface area contributed by atoms with Gasteiger partial charge in [0.2, 0.25) is 11.8 Å². The number of para-hydroxylation sites is 1. The first-order chi connectivity index (χ1) is 10.6. The molecular formula is C17H22N2O2S. The summed E-state index contributed by atoms with van der Waals surface area (Å²) in [5, 5.41) is 2.57. The van der Waals surface area contributed by atoms with Crippen LogP contribution in [0, 0.1) is 5.92 Å². The number of thioether (sulfide) groups is 1. The second-order valence-corrected chi connectivity index (χ2v) is 7.47. The average molecular weight is 318 g/mol. The minimum atomic E-state index is -0.326. The van der Waals surface area contributed by atoms with Crippen molar-refractivity contribution < 1.29 is 9.59 Å². The van der Waals surface area contributed by atoms with E-state index in [-0.39, 0.29) is 23.5 Å². The van der Waals surface area contributed by atoms with Gasteiger partial charge in [0, 0.05) is 24.9 Å². The normalized spacial score (nSPS) is 21.3. The number of rotatable bonds is 4. The fourth-order valence-electron chi connectivity index (χ4n) is 3.22. The van der Waals surface area contributed by atoms with Gasteiger partial charge in [0.25, 0.3) is 0 Å². The minimum absolute atomic E-state index is 0.0636. The van der Waals surface area contributed by atoms with Gasteiger partial charge in [-0.3, -0.25) is 9.59 Å². The number of fused-ring (bicyclic) bond motifs is 1. The van der Waals surface area contributed by atoms with Crippen LogP contribution in [0.4, 0.5) is 5.69 Å². The number of anilines is 1. The van der Waals surface area contributed by atoms with Crippen LogP contribution in [0.5, 0.6) is 0 Å². The van der Waals surface area contributed by atoms with Gasteiger partial charge >= 0.3 is 0 Å². The second-order valence-electron chi connectivity index (χ2n) is 6.22. The van der Waals surface area contributed by atoms with Gasteiger partial charge in [-0.1, -0.05) is 25.0 Å². The fourth-order valence-corrected chi connectivity index (χ4v) is 4.33. The zero-order valence-electron chi connectivity index (χ0n) is 12.9. The molecule has 1 fully saturated rings. The quantitative estimate of drug-likeness (QED) is 0.928. The van der Waals surface area contributed by atoms with Crippen molar-refractivity contribution >= 4 is 29.3 Å². The molecule has 1 saturated carbocycles. The van der Waals surface area contributed by atoms with E-state index >= 15 is 0 Å². The highest BCUT2D eigenvalue weighted by Crippen LogP contribution is 2.36. The highest BCUT2D eigenvalue weighted by atomic mass is 32.2. The molecule has 22 heavy (non-hydrogen) atoms. The maximum absolute atomic E-state index is 12.4. The SMILES string of the molecule is CN(CC1CCCC1)C(=O)CC1Sc2ccccc2NC1=O. The number of carbonyl (C=O) groups is 2. The van der Waals surface area contributed by atoms with E-state index in [2.05, 4.69) is 5.32 Å². The Hall–Kier alpha value is -1.49. The van der Waals surface area contributed by atoms with E-state index in [4.69, 9.17) is 0 Å². The molecule has 0 saturated heterocycles. The summed E-state index contributed by atoms with van der Waals surface area (Å²) in [6, 6.07) is 7.73. The van der Waals surface area contributed by atoms with E-state index in [0.29, 0.717) is 5.92 Å². The zero-order chi connectivity index (χ0) is 15.5. The molecule has 0 spiro atoms. The van der Waals surface area contributed by atoms with E-state index in [1.165, 1.54) is 37.4 Å². The van der Waals surface area contributed by atoms with Crippen molar-refractivity contribution in [1.82, 2.24) is 4.90 Å². The molecule has 0 radical (unpaired) electrons. The Kier molecular flexibility index (Phi) is 4.71. The number of benzene rings is 1. The summed E-state index contributed by atoms with van der Waals surface area (Å²) in [7, 11) is 1.86. The van der Waals surface area contributed by atoms with Crippen LogP contribution in [0.3, 0.4) is 0 Å². The molecule has 118 valence electrons. The molecule has 1 N–H and O–H groups in total. The first-order valence-electron chi connectivity index (χ1n) is 7.94. The maximum atomic E-state index is 12.4. The van der Waals surface area contributed by atoms with E-state index in [9.17, 15) is 9.59 Å². The van der Waals surface area contributed by atoms with Crippen molar-refractivity contribution in [2.75, 3.05) is 18.9 Å². The molecule has 1 atom stereocenters. The smallest absolute Gasteiger partial charge is 0.238 e. The van der Waals surface area contributed by atoms with Crippen molar-refractivity contribution in [1.29, 1.82) is 0 Å². The first kappa shape index (κ1) is 15.4. The molecule has 0 aromatic heterocycles. The Morgan fingerprint density at radius 3 is 2.82 bits per heavy atom. The van der Waals surface area contributed by atoms with E-state index < -0.39 is 0 Å². The summed E-state index contributed by atoms with van der Waals surface area (Å²) >= 11 is 1.49. The summed E-state index contributed by atoms with van der Waals surface area (Å²) in [5.74, 6) is 0.646. The van der Waals surface area contributed by atoms with Crippen LogP contribution < -0.4 is 5.32 Å². The van der Waals surface area contributed by atoms with Crippen LogP contribution in [0.2, 0.25) is 0 Å². The summed E-state index contributed by atoms with van der Waals surface area (Å²) in [6.07, 6.45) is 5.29. The molecule has 0 bridgehead atoms. The van der Waals surface area contributed by atoms with Crippen LogP contribution >= 0.6 is 11.8 Å². The lowest BCUT2D eigenvalue weighted by Gasteiger charge is -2.26. The van der Waals surface area contributed by atoms with Gasteiger partial charge in [-0.2, -0.15) is 0 Å². The third-order valence-electron chi connectivity index (χ3n) is 4.50. The van der Waals surface area contributed by atoms with Crippen molar-refractivity contribution in [3.8, 4) is 0 Å². The van der Waals surface area contributed by atoms with Crippen LogP contribution in [-0.4, -0.2) is 35.6 Å². The Bertz CT molecular complexity index is 570. The largest absolute Gasteiger partial charge is 0.345 e.